The Morgan fingerprint density at radius 1 is 0.875 bits per heavy atom. The zero-order valence-electron chi connectivity index (χ0n) is 20.6. The molecule has 1 unspecified atom stereocenters. The number of hydrogen-bond acceptors (Lipinski definition) is 4. The minimum absolute atomic E-state index is 0.218. The van der Waals surface area contributed by atoms with Gasteiger partial charge in [0.25, 0.3) is 0 Å². The molecular formula is C25H45NO4PS+. The topological polar surface area (TPSA) is 55.8 Å². The molecule has 0 aliphatic rings. The fraction of sp³-hybridized carbons (Fsp3) is 0.640. The third-order valence-corrected chi connectivity index (χ3v) is 5.93. The number of carbonyl (C=O) groups excluding carboxylic acids is 1. The highest BCUT2D eigenvalue weighted by molar-refractivity contribution is 8.07. The van der Waals surface area contributed by atoms with Crippen molar-refractivity contribution in [1.82, 2.24) is 0 Å². The first-order valence-corrected chi connectivity index (χ1v) is 14.4. The van der Waals surface area contributed by atoms with Crippen LogP contribution in [0.3, 0.4) is 0 Å². The van der Waals surface area contributed by atoms with Crippen LogP contribution in [0.5, 0.6) is 0 Å². The molecule has 0 aromatic heterocycles. The van der Waals surface area contributed by atoms with E-state index in [0.29, 0.717) is 17.4 Å². The fourth-order valence-electron chi connectivity index (χ4n) is 2.56. The van der Waals surface area contributed by atoms with E-state index in [1.54, 1.807) is 0 Å². The lowest BCUT2D eigenvalue weighted by Crippen LogP contribution is -2.37. The highest BCUT2D eigenvalue weighted by Gasteiger charge is 2.21. The molecule has 0 aromatic carbocycles. The van der Waals surface area contributed by atoms with E-state index in [1.807, 2.05) is 21.1 Å². The summed E-state index contributed by atoms with van der Waals surface area (Å²) >= 11 is 4.89. The zero-order valence-corrected chi connectivity index (χ0v) is 22.3. The number of carbonyl (C=O) groups is 1. The quantitative estimate of drug-likeness (QED) is 0.0963. The molecule has 7 heteroatoms. The number of likely N-dealkylation sites (N-methyl/N-ethyl adjacent to an activating group) is 1. The van der Waals surface area contributed by atoms with Crippen molar-refractivity contribution in [3.8, 4) is 0 Å². The van der Waals surface area contributed by atoms with Crippen LogP contribution in [0.1, 0.15) is 71.1 Å². The van der Waals surface area contributed by atoms with E-state index in [2.05, 4.69) is 55.5 Å². The van der Waals surface area contributed by atoms with Crippen molar-refractivity contribution in [2.75, 3.05) is 34.3 Å². The summed E-state index contributed by atoms with van der Waals surface area (Å²) < 4.78 is 10.8. The van der Waals surface area contributed by atoms with Crippen LogP contribution in [0.15, 0.2) is 48.6 Å². The fourth-order valence-corrected chi connectivity index (χ4v) is 3.74. The highest BCUT2D eigenvalue weighted by atomic mass is 32.5. The van der Waals surface area contributed by atoms with Gasteiger partial charge in [0.2, 0.25) is 0 Å². The Kier molecular flexibility index (Phi) is 18.8. The first-order chi connectivity index (χ1) is 15.2. The molecule has 0 aliphatic heterocycles. The van der Waals surface area contributed by atoms with E-state index in [1.165, 1.54) is 25.7 Å². The van der Waals surface area contributed by atoms with Gasteiger partial charge in [-0.1, -0.05) is 68.4 Å². The third-order valence-electron chi connectivity index (χ3n) is 4.44. The molecule has 0 heterocycles. The van der Waals surface area contributed by atoms with Gasteiger partial charge in [-0.15, -0.1) is 0 Å². The minimum atomic E-state index is -3.49. The third kappa shape index (κ3) is 23.6. The van der Waals surface area contributed by atoms with Crippen LogP contribution in [0.2, 0.25) is 0 Å². The highest BCUT2D eigenvalue weighted by Crippen LogP contribution is 2.44. The van der Waals surface area contributed by atoms with E-state index >= 15 is 0 Å². The number of hydrogen-bond donors (Lipinski definition) is 1. The van der Waals surface area contributed by atoms with E-state index in [0.717, 1.165) is 25.7 Å². The van der Waals surface area contributed by atoms with Gasteiger partial charge in [-0.2, -0.15) is 0 Å². The molecule has 5 nitrogen and oxygen atoms in total. The molecule has 32 heavy (non-hydrogen) atoms. The number of allylic oxidation sites excluding steroid dienone is 8. The molecule has 0 aromatic rings. The first kappa shape index (κ1) is 31.0. The lowest BCUT2D eigenvalue weighted by molar-refractivity contribution is -0.870. The summed E-state index contributed by atoms with van der Waals surface area (Å²) in [6.07, 6.45) is 27.0. The van der Waals surface area contributed by atoms with Crippen LogP contribution in [0, 0.1) is 0 Å². The van der Waals surface area contributed by atoms with Crippen LogP contribution in [-0.4, -0.2) is 49.6 Å². The van der Waals surface area contributed by atoms with E-state index in [9.17, 15) is 9.69 Å². The Morgan fingerprint density at radius 2 is 1.38 bits per heavy atom. The van der Waals surface area contributed by atoms with Crippen LogP contribution >= 0.6 is 6.72 Å². The minimum Gasteiger partial charge on any atom is -0.391 e. The molecular weight excluding hydrogens is 441 g/mol. The first-order valence-electron chi connectivity index (χ1n) is 11.8. The maximum atomic E-state index is 11.8. The zero-order chi connectivity index (χ0) is 24.1. The standard InChI is InChI=1S/C25H44NO4PS/c1-5-6-7-8-9-10-11-12-13-14-15-16-17-18-19-20-21-22-25(27)30-31(28,32)29-24-23-26(2,3)4/h9-10,12-13,15-16,18-19H,5-8,11,14,17,20-24H2,1-4H3/p+1. The Labute approximate surface area is 201 Å². The SMILES string of the molecule is CCCCCC=CCC=CCC=CCC=CCCCC(=O)OP(O)(=S)OCC[N+](C)(C)C. The average molecular weight is 487 g/mol. The van der Waals surface area contributed by atoms with Crippen LogP contribution in [0.4, 0.5) is 0 Å². The van der Waals surface area contributed by atoms with E-state index in [-0.39, 0.29) is 13.0 Å². The number of nitrogens with zero attached hydrogens (tertiary/aromatic N) is 1. The lowest BCUT2D eigenvalue weighted by Gasteiger charge is -2.24. The van der Waals surface area contributed by atoms with Gasteiger partial charge in [-0.3, -0.25) is 9.32 Å². The lowest BCUT2D eigenvalue weighted by atomic mass is 10.2. The van der Waals surface area contributed by atoms with Crippen molar-refractivity contribution in [1.29, 1.82) is 0 Å². The maximum Gasteiger partial charge on any atom is 0.380 e. The van der Waals surface area contributed by atoms with Crippen molar-refractivity contribution < 1.29 is 23.2 Å². The predicted octanol–water partition coefficient (Wildman–Crippen LogP) is 6.61. The van der Waals surface area contributed by atoms with Crippen LogP contribution in [0.25, 0.3) is 0 Å². The molecule has 184 valence electrons. The summed E-state index contributed by atoms with van der Waals surface area (Å²) in [5, 5.41) is 0. The van der Waals surface area contributed by atoms with Gasteiger partial charge in [0.15, 0.2) is 0 Å². The summed E-state index contributed by atoms with van der Waals surface area (Å²) in [4.78, 5) is 21.8. The smallest absolute Gasteiger partial charge is 0.380 e. The van der Waals surface area contributed by atoms with Gasteiger partial charge in [0.05, 0.1) is 21.1 Å². The normalized spacial score (nSPS) is 14.8. The average Bonchev–Trinajstić information content (AvgIpc) is 2.68. The maximum absolute atomic E-state index is 11.8. The molecule has 0 radical (unpaired) electrons. The van der Waals surface area contributed by atoms with E-state index in [4.69, 9.17) is 20.9 Å². The van der Waals surface area contributed by atoms with Crippen molar-refractivity contribution in [3.05, 3.63) is 48.6 Å². The largest absolute Gasteiger partial charge is 0.391 e. The van der Waals surface area contributed by atoms with Gasteiger partial charge in [-0.05, 0) is 44.9 Å². The molecule has 1 atom stereocenters. The van der Waals surface area contributed by atoms with Crippen molar-refractivity contribution >= 4 is 24.5 Å². The van der Waals surface area contributed by atoms with E-state index < -0.39 is 12.7 Å². The molecule has 0 aliphatic carbocycles. The molecule has 0 bridgehead atoms. The number of unbranched alkanes of at least 4 members (excludes halogenated alkanes) is 4. The molecule has 0 fully saturated rings. The summed E-state index contributed by atoms with van der Waals surface area (Å²) in [5.41, 5.74) is 0. The number of rotatable bonds is 19. The van der Waals surface area contributed by atoms with Gasteiger partial charge in [0, 0.05) is 18.2 Å². The van der Waals surface area contributed by atoms with Crippen LogP contribution in [-0.2, 0) is 25.6 Å². The molecule has 0 amide bonds. The molecule has 1 N–H and O–H groups in total. The number of quaternary nitrogens is 1. The van der Waals surface area contributed by atoms with Crippen molar-refractivity contribution in [3.63, 3.8) is 0 Å². The Bertz CT molecular complexity index is 651. The summed E-state index contributed by atoms with van der Waals surface area (Å²) in [5.74, 6) is -0.503. The van der Waals surface area contributed by atoms with Crippen molar-refractivity contribution in [2.45, 2.75) is 71.1 Å². The van der Waals surface area contributed by atoms with Gasteiger partial charge in [-0.25, -0.2) is 0 Å². The van der Waals surface area contributed by atoms with Crippen LogP contribution < -0.4 is 0 Å². The Balaban J connectivity index is 3.75. The summed E-state index contributed by atoms with van der Waals surface area (Å²) in [6, 6.07) is 0. The Morgan fingerprint density at radius 3 is 1.88 bits per heavy atom. The Hall–Kier alpha value is -1.04. The van der Waals surface area contributed by atoms with Crippen molar-refractivity contribution in [2.24, 2.45) is 0 Å². The monoisotopic (exact) mass is 486 g/mol. The van der Waals surface area contributed by atoms with Gasteiger partial charge < -0.3 is 13.9 Å². The predicted molar refractivity (Wildman–Crippen MR) is 140 cm³/mol. The second kappa shape index (κ2) is 19.4. The molecule has 0 rings (SSSR count). The van der Waals surface area contributed by atoms with Gasteiger partial charge >= 0.3 is 12.7 Å². The molecule has 0 saturated carbocycles. The molecule has 0 saturated heterocycles. The second-order valence-corrected chi connectivity index (χ2v) is 11.5. The molecule has 0 spiro atoms. The summed E-state index contributed by atoms with van der Waals surface area (Å²) in [6.45, 7) is -0.336. The second-order valence-electron chi connectivity index (χ2n) is 8.76. The summed E-state index contributed by atoms with van der Waals surface area (Å²) in [7, 11) is 6.02. The van der Waals surface area contributed by atoms with Gasteiger partial charge in [0.1, 0.15) is 13.2 Å².